The molecule has 0 bridgehead atoms. The van der Waals surface area contributed by atoms with Gasteiger partial charge >= 0.3 is 5.97 Å². The van der Waals surface area contributed by atoms with Crippen LogP contribution >= 0.6 is 0 Å². The van der Waals surface area contributed by atoms with Crippen LogP contribution in [0, 0.1) is 0 Å². The fourth-order valence-corrected chi connectivity index (χ4v) is 9.51. The van der Waals surface area contributed by atoms with Crippen molar-refractivity contribution in [3.8, 4) is 0 Å². The molecule has 0 heterocycles. The smallest absolute Gasteiger partial charge is 0.305 e. The molecule has 68 heavy (non-hydrogen) atoms. The van der Waals surface area contributed by atoms with Gasteiger partial charge in [-0.2, -0.15) is 0 Å². The Hall–Kier alpha value is -1.66. The monoisotopic (exact) mass is 958 g/mol. The average molecular weight is 959 g/mol. The molecule has 0 saturated carbocycles. The van der Waals surface area contributed by atoms with E-state index in [9.17, 15) is 19.8 Å². The van der Waals surface area contributed by atoms with Crippen molar-refractivity contribution in [2.24, 2.45) is 0 Å². The average Bonchev–Trinajstić information content (AvgIpc) is 3.34. The second-order valence-corrected chi connectivity index (χ2v) is 21.0. The SMILES string of the molecule is CCCCCCC/C=C\CCCCCCCC(=O)OCCCCCCCCCCCCCC/C=C\CCCCCCCCCC(=O)NC(CO)C(O)CCCCCCCCCCCCCCCC. The molecule has 0 aliphatic carbocycles. The highest BCUT2D eigenvalue weighted by atomic mass is 16.5. The second kappa shape index (κ2) is 57.9. The molecule has 2 unspecified atom stereocenters. The van der Waals surface area contributed by atoms with Crippen molar-refractivity contribution in [1.29, 1.82) is 0 Å². The van der Waals surface area contributed by atoms with Gasteiger partial charge in [0.1, 0.15) is 0 Å². The number of amides is 1. The zero-order valence-electron chi connectivity index (χ0n) is 45.9. The van der Waals surface area contributed by atoms with Crippen molar-refractivity contribution in [3.63, 3.8) is 0 Å². The van der Waals surface area contributed by atoms with Gasteiger partial charge < -0.3 is 20.3 Å². The van der Waals surface area contributed by atoms with Gasteiger partial charge in [0.2, 0.25) is 5.91 Å². The number of esters is 1. The summed E-state index contributed by atoms with van der Waals surface area (Å²) in [6, 6.07) is -0.545. The molecule has 3 N–H and O–H groups in total. The van der Waals surface area contributed by atoms with Crippen LogP contribution in [0.25, 0.3) is 0 Å². The number of allylic oxidation sites excluding steroid dienone is 4. The summed E-state index contributed by atoms with van der Waals surface area (Å²) in [7, 11) is 0. The van der Waals surface area contributed by atoms with Crippen LogP contribution < -0.4 is 5.32 Å². The molecule has 0 aromatic heterocycles. The predicted octanol–water partition coefficient (Wildman–Crippen LogP) is 19.0. The number of unbranched alkanes of at least 4 members (excludes halogenated alkanes) is 42. The number of hydrogen-bond donors (Lipinski definition) is 3. The number of hydrogen-bond acceptors (Lipinski definition) is 5. The van der Waals surface area contributed by atoms with E-state index in [1.165, 1.54) is 257 Å². The third-order valence-electron chi connectivity index (χ3n) is 14.2. The summed E-state index contributed by atoms with van der Waals surface area (Å²) < 4.78 is 5.47. The van der Waals surface area contributed by atoms with E-state index in [0.717, 1.165) is 44.9 Å². The highest BCUT2D eigenvalue weighted by Gasteiger charge is 2.20. The minimum Gasteiger partial charge on any atom is -0.466 e. The summed E-state index contributed by atoms with van der Waals surface area (Å²) in [5.41, 5.74) is 0. The van der Waals surface area contributed by atoms with Gasteiger partial charge in [0, 0.05) is 12.8 Å². The third-order valence-corrected chi connectivity index (χ3v) is 14.2. The van der Waals surface area contributed by atoms with Crippen LogP contribution in [0.4, 0.5) is 0 Å². The highest BCUT2D eigenvalue weighted by molar-refractivity contribution is 5.76. The van der Waals surface area contributed by atoms with Crippen molar-refractivity contribution < 1.29 is 24.5 Å². The Balaban J connectivity index is 3.40. The summed E-state index contributed by atoms with van der Waals surface area (Å²) in [6.07, 6.45) is 70.4. The maximum atomic E-state index is 12.5. The minimum absolute atomic E-state index is 0.00320. The Kier molecular flexibility index (Phi) is 56.5. The van der Waals surface area contributed by atoms with E-state index in [2.05, 4.69) is 43.5 Å². The molecule has 6 nitrogen and oxygen atoms in total. The van der Waals surface area contributed by atoms with E-state index < -0.39 is 12.1 Å². The van der Waals surface area contributed by atoms with E-state index in [-0.39, 0.29) is 18.5 Å². The molecule has 0 aliphatic heterocycles. The first-order valence-electron chi connectivity index (χ1n) is 30.6. The lowest BCUT2D eigenvalue weighted by atomic mass is 10.0. The summed E-state index contributed by atoms with van der Waals surface area (Å²) >= 11 is 0. The Morgan fingerprint density at radius 2 is 0.691 bits per heavy atom. The number of nitrogens with one attached hydrogen (secondary N) is 1. The zero-order valence-corrected chi connectivity index (χ0v) is 45.9. The molecule has 402 valence electrons. The summed E-state index contributed by atoms with van der Waals surface area (Å²) in [6.45, 7) is 4.95. The van der Waals surface area contributed by atoms with E-state index in [1.54, 1.807) is 0 Å². The van der Waals surface area contributed by atoms with Crippen molar-refractivity contribution in [2.45, 2.75) is 347 Å². The van der Waals surface area contributed by atoms with Gasteiger partial charge in [-0.1, -0.05) is 269 Å². The molecule has 0 aromatic rings. The summed E-state index contributed by atoms with van der Waals surface area (Å²) in [4.78, 5) is 24.5. The molecule has 0 spiro atoms. The normalized spacial score (nSPS) is 12.7. The van der Waals surface area contributed by atoms with Crippen LogP contribution in [0.15, 0.2) is 24.3 Å². The van der Waals surface area contributed by atoms with Crippen LogP contribution in [0.5, 0.6) is 0 Å². The molecular weight excluding hydrogens is 839 g/mol. The fourth-order valence-electron chi connectivity index (χ4n) is 9.51. The zero-order chi connectivity index (χ0) is 49.3. The molecule has 0 fully saturated rings. The molecule has 2 atom stereocenters. The molecule has 0 aromatic carbocycles. The molecule has 0 rings (SSSR count). The lowest BCUT2D eigenvalue weighted by Crippen LogP contribution is -2.45. The van der Waals surface area contributed by atoms with E-state index >= 15 is 0 Å². The minimum atomic E-state index is -0.667. The largest absolute Gasteiger partial charge is 0.466 e. The molecule has 6 heteroatoms. The van der Waals surface area contributed by atoms with Crippen LogP contribution in [0.2, 0.25) is 0 Å². The Bertz CT molecular complexity index is 1060. The summed E-state index contributed by atoms with van der Waals surface area (Å²) in [5.74, 6) is -0.0368. The Labute approximate surface area is 424 Å². The van der Waals surface area contributed by atoms with Crippen molar-refractivity contribution in [2.75, 3.05) is 13.2 Å². The number of carbonyl (C=O) groups excluding carboxylic acids is 2. The van der Waals surface area contributed by atoms with Crippen LogP contribution in [-0.4, -0.2) is 47.4 Å². The van der Waals surface area contributed by atoms with Crippen molar-refractivity contribution >= 4 is 11.9 Å². The first-order valence-corrected chi connectivity index (χ1v) is 30.6. The van der Waals surface area contributed by atoms with Gasteiger partial charge in [-0.3, -0.25) is 9.59 Å². The number of carbonyl (C=O) groups is 2. The molecule has 0 aliphatic rings. The third kappa shape index (κ3) is 53.7. The first kappa shape index (κ1) is 66.3. The lowest BCUT2D eigenvalue weighted by molar-refractivity contribution is -0.143. The fraction of sp³-hybridized carbons (Fsp3) is 0.903. The van der Waals surface area contributed by atoms with Gasteiger partial charge in [0.15, 0.2) is 0 Å². The second-order valence-electron chi connectivity index (χ2n) is 21.0. The van der Waals surface area contributed by atoms with Gasteiger partial charge in [-0.05, 0) is 77.0 Å². The van der Waals surface area contributed by atoms with Crippen molar-refractivity contribution in [1.82, 2.24) is 5.32 Å². The number of aliphatic hydroxyl groups is 2. The standard InChI is InChI=1S/C62H119NO5/c1-3-5-7-9-11-13-15-17-30-34-38-42-46-50-54-60(65)59(58-64)63-61(66)55-51-47-43-39-35-31-28-26-24-22-20-19-21-23-25-27-29-33-37-41-45-49-53-57-68-62(67)56-52-48-44-40-36-32-18-16-14-12-10-8-6-4-2/h16,18,22,24,59-60,64-65H,3-15,17,19-21,23,25-58H2,1-2H3,(H,63,66)/b18-16-,24-22-. The summed E-state index contributed by atoms with van der Waals surface area (Å²) in [5, 5.41) is 23.3. The predicted molar refractivity (Wildman–Crippen MR) is 296 cm³/mol. The van der Waals surface area contributed by atoms with Gasteiger partial charge in [-0.15, -0.1) is 0 Å². The topological polar surface area (TPSA) is 95.9 Å². The molecular formula is C62H119NO5. The van der Waals surface area contributed by atoms with Crippen LogP contribution in [0.1, 0.15) is 335 Å². The van der Waals surface area contributed by atoms with E-state index in [1.807, 2.05) is 0 Å². The van der Waals surface area contributed by atoms with E-state index in [4.69, 9.17) is 4.74 Å². The number of aliphatic hydroxyl groups excluding tert-OH is 2. The Morgan fingerprint density at radius 3 is 1.04 bits per heavy atom. The molecule has 0 saturated heterocycles. The quantitative estimate of drug-likeness (QED) is 0.0321. The molecule has 1 amide bonds. The van der Waals surface area contributed by atoms with Crippen LogP contribution in [0.3, 0.4) is 0 Å². The van der Waals surface area contributed by atoms with Crippen molar-refractivity contribution in [3.05, 3.63) is 24.3 Å². The Morgan fingerprint density at radius 1 is 0.397 bits per heavy atom. The molecule has 0 radical (unpaired) electrons. The van der Waals surface area contributed by atoms with Gasteiger partial charge in [-0.25, -0.2) is 0 Å². The van der Waals surface area contributed by atoms with Gasteiger partial charge in [0.05, 0.1) is 25.4 Å². The maximum Gasteiger partial charge on any atom is 0.305 e. The van der Waals surface area contributed by atoms with Gasteiger partial charge in [0.25, 0.3) is 0 Å². The van der Waals surface area contributed by atoms with E-state index in [0.29, 0.717) is 25.9 Å². The number of ether oxygens (including phenoxy) is 1. The highest BCUT2D eigenvalue weighted by Crippen LogP contribution is 2.17. The number of rotatable bonds is 57. The lowest BCUT2D eigenvalue weighted by Gasteiger charge is -2.22. The first-order chi connectivity index (χ1) is 33.5. The van der Waals surface area contributed by atoms with Crippen LogP contribution in [-0.2, 0) is 14.3 Å². The maximum absolute atomic E-state index is 12.5.